The quantitative estimate of drug-likeness (QED) is 0.548. The van der Waals surface area contributed by atoms with Gasteiger partial charge in [0.25, 0.3) is 0 Å². The van der Waals surface area contributed by atoms with Crippen LogP contribution in [0.3, 0.4) is 0 Å². The lowest BCUT2D eigenvalue weighted by Gasteiger charge is -2.11. The van der Waals surface area contributed by atoms with Crippen molar-refractivity contribution in [3.8, 4) is 0 Å². The molecule has 4 N–H and O–H groups in total. The molecule has 0 saturated carbocycles. The van der Waals surface area contributed by atoms with Gasteiger partial charge in [0.1, 0.15) is 0 Å². The van der Waals surface area contributed by atoms with Crippen LogP contribution in [0.5, 0.6) is 0 Å². The molecule has 0 fully saturated rings. The number of likely N-dealkylation sites (N-methyl/N-ethyl adjacent to an activating group) is 1. The minimum Gasteiger partial charge on any atom is -0.402 e. The van der Waals surface area contributed by atoms with Gasteiger partial charge in [-0.15, -0.1) is 0 Å². The Labute approximate surface area is 105 Å². The van der Waals surface area contributed by atoms with E-state index in [1.54, 1.807) is 6.08 Å². The van der Waals surface area contributed by atoms with Crippen LogP contribution in [0.2, 0.25) is 0 Å². The Morgan fingerprint density at radius 3 is 2.29 bits per heavy atom. The minimum atomic E-state index is 0.674. The number of rotatable bonds is 6. The predicted octanol–water partition coefficient (Wildman–Crippen LogP) is 2.15. The zero-order valence-corrected chi connectivity index (χ0v) is 11.4. The molecule has 3 heteroatoms. The van der Waals surface area contributed by atoms with Crippen molar-refractivity contribution in [2.45, 2.75) is 20.8 Å². The van der Waals surface area contributed by atoms with Gasteiger partial charge in [-0.3, -0.25) is 4.90 Å². The molecular formula is C14H25N3. The third-order valence-electron chi connectivity index (χ3n) is 2.05. The van der Waals surface area contributed by atoms with Crippen molar-refractivity contribution in [2.24, 2.45) is 11.5 Å². The van der Waals surface area contributed by atoms with E-state index in [2.05, 4.69) is 37.9 Å². The van der Waals surface area contributed by atoms with E-state index in [0.717, 1.165) is 13.1 Å². The first-order valence-corrected chi connectivity index (χ1v) is 5.79. The molecule has 0 aromatic carbocycles. The summed E-state index contributed by atoms with van der Waals surface area (Å²) < 4.78 is 0. The third kappa shape index (κ3) is 10.8. The van der Waals surface area contributed by atoms with E-state index in [4.69, 9.17) is 11.5 Å². The molecule has 3 nitrogen and oxygen atoms in total. The van der Waals surface area contributed by atoms with Crippen LogP contribution in [0.25, 0.3) is 0 Å². The molecular weight excluding hydrogens is 210 g/mol. The molecule has 0 aliphatic carbocycles. The Bertz CT molecular complexity index is 327. The van der Waals surface area contributed by atoms with Crippen molar-refractivity contribution in [3.05, 3.63) is 47.3 Å². The molecule has 0 radical (unpaired) electrons. The first-order chi connectivity index (χ1) is 7.91. The van der Waals surface area contributed by atoms with E-state index in [-0.39, 0.29) is 0 Å². The number of hydrogen-bond donors (Lipinski definition) is 2. The number of nitrogens with zero attached hydrogens (tertiary/aromatic N) is 1. The maximum atomic E-state index is 5.72. The largest absolute Gasteiger partial charge is 0.402 e. The summed E-state index contributed by atoms with van der Waals surface area (Å²) in [4.78, 5) is 2.22. The highest BCUT2D eigenvalue weighted by molar-refractivity contribution is 5.22. The minimum absolute atomic E-state index is 0.674. The summed E-state index contributed by atoms with van der Waals surface area (Å²) in [5, 5.41) is 0. The van der Waals surface area contributed by atoms with Crippen molar-refractivity contribution >= 4 is 0 Å². The van der Waals surface area contributed by atoms with Crippen LogP contribution in [0.4, 0.5) is 0 Å². The Morgan fingerprint density at radius 2 is 1.76 bits per heavy atom. The summed E-state index contributed by atoms with van der Waals surface area (Å²) >= 11 is 0. The Kier molecular flexibility index (Phi) is 7.89. The van der Waals surface area contributed by atoms with Gasteiger partial charge in [0.2, 0.25) is 0 Å². The molecule has 96 valence electrons. The first kappa shape index (κ1) is 15.5. The molecule has 0 amide bonds. The first-order valence-electron chi connectivity index (χ1n) is 5.79. The molecule has 0 spiro atoms. The van der Waals surface area contributed by atoms with Crippen LogP contribution >= 0.6 is 0 Å². The van der Waals surface area contributed by atoms with Crippen molar-refractivity contribution < 1.29 is 0 Å². The monoisotopic (exact) mass is 235 g/mol. The summed E-state index contributed by atoms with van der Waals surface area (Å²) in [6.45, 7) is 7.90. The van der Waals surface area contributed by atoms with Gasteiger partial charge < -0.3 is 11.5 Å². The van der Waals surface area contributed by atoms with Gasteiger partial charge in [0, 0.05) is 24.5 Å². The number of nitrogens with two attached hydrogens (primary N) is 2. The molecule has 0 unspecified atom stereocenters. The van der Waals surface area contributed by atoms with Crippen molar-refractivity contribution in [3.63, 3.8) is 0 Å². The molecule has 0 aromatic rings. The van der Waals surface area contributed by atoms with E-state index >= 15 is 0 Å². The van der Waals surface area contributed by atoms with Crippen LogP contribution in [0.1, 0.15) is 20.8 Å². The summed E-state index contributed by atoms with van der Waals surface area (Å²) in [5.74, 6) is 0. The molecule has 17 heavy (non-hydrogen) atoms. The molecule has 0 atom stereocenters. The number of hydrogen-bond acceptors (Lipinski definition) is 3. The maximum absolute atomic E-state index is 5.72. The highest BCUT2D eigenvalue weighted by Crippen LogP contribution is 1.93. The molecule has 0 heterocycles. The van der Waals surface area contributed by atoms with Crippen molar-refractivity contribution in [1.29, 1.82) is 0 Å². The SMILES string of the molecule is CC(C)=CCN(C)C\C=C/C=C(N)\C=C(/C)N. The van der Waals surface area contributed by atoms with E-state index in [9.17, 15) is 0 Å². The van der Waals surface area contributed by atoms with Crippen LogP contribution in [-0.4, -0.2) is 25.0 Å². The highest BCUT2D eigenvalue weighted by atomic mass is 15.1. The second-order valence-electron chi connectivity index (χ2n) is 4.49. The van der Waals surface area contributed by atoms with E-state index in [0.29, 0.717) is 11.4 Å². The van der Waals surface area contributed by atoms with Crippen molar-refractivity contribution in [2.75, 3.05) is 20.1 Å². The molecule has 0 bridgehead atoms. The van der Waals surface area contributed by atoms with Gasteiger partial charge in [-0.2, -0.15) is 0 Å². The summed E-state index contributed by atoms with van der Waals surface area (Å²) in [5.41, 5.74) is 14.0. The fourth-order valence-corrected chi connectivity index (χ4v) is 1.14. The van der Waals surface area contributed by atoms with Gasteiger partial charge in [0.15, 0.2) is 0 Å². The number of allylic oxidation sites excluding steroid dienone is 5. The van der Waals surface area contributed by atoms with Gasteiger partial charge in [-0.1, -0.05) is 23.8 Å². The van der Waals surface area contributed by atoms with Crippen LogP contribution in [0.15, 0.2) is 47.3 Å². The van der Waals surface area contributed by atoms with E-state index in [1.165, 1.54) is 5.57 Å². The van der Waals surface area contributed by atoms with E-state index < -0.39 is 0 Å². The third-order valence-corrected chi connectivity index (χ3v) is 2.05. The molecule has 0 saturated heterocycles. The van der Waals surface area contributed by atoms with Gasteiger partial charge in [-0.25, -0.2) is 0 Å². The molecule has 0 aliphatic rings. The van der Waals surface area contributed by atoms with Gasteiger partial charge >= 0.3 is 0 Å². The zero-order valence-electron chi connectivity index (χ0n) is 11.4. The lowest BCUT2D eigenvalue weighted by Crippen LogP contribution is -2.18. The van der Waals surface area contributed by atoms with Gasteiger partial charge in [0.05, 0.1) is 0 Å². The second kappa shape index (κ2) is 8.65. The Balaban J connectivity index is 4.03. The van der Waals surface area contributed by atoms with Crippen LogP contribution in [0, 0.1) is 0 Å². The predicted molar refractivity (Wildman–Crippen MR) is 76.3 cm³/mol. The Morgan fingerprint density at radius 1 is 1.12 bits per heavy atom. The average molecular weight is 235 g/mol. The fourth-order valence-electron chi connectivity index (χ4n) is 1.14. The second-order valence-corrected chi connectivity index (χ2v) is 4.49. The average Bonchev–Trinajstić information content (AvgIpc) is 2.20. The maximum Gasteiger partial charge on any atom is 0.0331 e. The molecule has 0 aromatic heterocycles. The van der Waals surface area contributed by atoms with Gasteiger partial charge in [-0.05, 0) is 40.0 Å². The summed E-state index contributed by atoms with van der Waals surface area (Å²) in [6, 6.07) is 0. The standard InChI is InChI=1S/C14H25N3/c1-12(2)8-10-17(4)9-6-5-7-14(16)11-13(3)15/h5-8,11H,9-10,15-16H2,1-4H3/b6-5-,13-11+,14-7+. The van der Waals surface area contributed by atoms with Crippen molar-refractivity contribution in [1.82, 2.24) is 4.90 Å². The Hall–Kier alpha value is -1.48. The smallest absolute Gasteiger partial charge is 0.0331 e. The van der Waals surface area contributed by atoms with Crippen LogP contribution < -0.4 is 11.5 Å². The molecule has 0 aliphatic heterocycles. The summed E-state index contributed by atoms with van der Waals surface area (Å²) in [7, 11) is 2.08. The zero-order chi connectivity index (χ0) is 13.3. The summed E-state index contributed by atoms with van der Waals surface area (Å²) in [6.07, 6.45) is 9.83. The van der Waals surface area contributed by atoms with E-state index in [1.807, 2.05) is 19.1 Å². The van der Waals surface area contributed by atoms with Crippen LogP contribution in [-0.2, 0) is 0 Å². The fraction of sp³-hybridized carbons (Fsp3) is 0.429. The topological polar surface area (TPSA) is 55.3 Å². The normalized spacial score (nSPS) is 13.5. The lowest BCUT2D eigenvalue weighted by molar-refractivity contribution is 0.411. The molecule has 0 rings (SSSR count). The lowest BCUT2D eigenvalue weighted by atomic mass is 10.3. The highest BCUT2D eigenvalue weighted by Gasteiger charge is 1.90.